The van der Waals surface area contributed by atoms with Crippen LogP contribution >= 0.6 is 0 Å². The molecule has 1 atom stereocenters. The van der Waals surface area contributed by atoms with Gasteiger partial charge in [-0.2, -0.15) is 4.31 Å². The van der Waals surface area contributed by atoms with Gasteiger partial charge in [0.2, 0.25) is 10.0 Å². The Balaban J connectivity index is 1.88. The number of furan rings is 1. The van der Waals surface area contributed by atoms with Crippen molar-refractivity contribution < 1.29 is 17.6 Å². The molecule has 1 N–H and O–H groups in total. The smallest absolute Gasteiger partial charge is 0.318 e. The first kappa shape index (κ1) is 15.8. The molecule has 2 heterocycles. The molecule has 2 rings (SSSR count). The summed E-state index contributed by atoms with van der Waals surface area (Å²) >= 11 is 0. The van der Waals surface area contributed by atoms with Gasteiger partial charge in [-0.05, 0) is 26.0 Å². The predicted octanol–water partition coefficient (Wildman–Crippen LogP) is 0.936. The predicted molar refractivity (Wildman–Crippen MR) is 78.4 cm³/mol. The number of rotatable bonds is 3. The highest BCUT2D eigenvalue weighted by molar-refractivity contribution is 7.88. The fourth-order valence-corrected chi connectivity index (χ4v) is 3.08. The fraction of sp³-hybridized carbons (Fsp3) is 0.615. The van der Waals surface area contributed by atoms with Crippen molar-refractivity contribution in [3.8, 4) is 0 Å². The van der Waals surface area contributed by atoms with E-state index in [4.69, 9.17) is 4.42 Å². The molecule has 1 saturated heterocycles. The molecule has 1 aliphatic rings. The van der Waals surface area contributed by atoms with Crippen molar-refractivity contribution in [3.63, 3.8) is 0 Å². The van der Waals surface area contributed by atoms with Gasteiger partial charge in [0.1, 0.15) is 11.5 Å². The van der Waals surface area contributed by atoms with E-state index in [1.165, 1.54) is 10.6 Å². The van der Waals surface area contributed by atoms with Crippen molar-refractivity contribution in [3.05, 3.63) is 23.7 Å². The molecule has 7 nitrogen and oxygen atoms in total. The summed E-state index contributed by atoms with van der Waals surface area (Å²) in [5.74, 6) is 1.50. The summed E-state index contributed by atoms with van der Waals surface area (Å²) in [5, 5.41) is 2.86. The Hall–Kier alpha value is -1.54. The minimum absolute atomic E-state index is 0.204. The van der Waals surface area contributed by atoms with Crippen LogP contribution in [0.25, 0.3) is 0 Å². The van der Waals surface area contributed by atoms with Gasteiger partial charge in [0.25, 0.3) is 0 Å². The number of sulfonamides is 1. The van der Waals surface area contributed by atoms with E-state index >= 15 is 0 Å². The first-order chi connectivity index (χ1) is 9.77. The minimum Gasteiger partial charge on any atom is -0.464 e. The second-order valence-corrected chi connectivity index (χ2v) is 7.25. The normalized spacial score (nSPS) is 18.5. The summed E-state index contributed by atoms with van der Waals surface area (Å²) in [7, 11) is -3.18. The van der Waals surface area contributed by atoms with Crippen LogP contribution in [0, 0.1) is 6.92 Å². The van der Waals surface area contributed by atoms with Gasteiger partial charge in [-0.1, -0.05) is 0 Å². The lowest BCUT2D eigenvalue weighted by molar-refractivity contribution is 0.168. The number of aryl methyl sites for hydroxylation is 1. The fourth-order valence-electron chi connectivity index (χ4n) is 2.26. The van der Waals surface area contributed by atoms with Crippen LogP contribution in [-0.4, -0.2) is 56.1 Å². The summed E-state index contributed by atoms with van der Waals surface area (Å²) in [5.41, 5.74) is 0. The molecule has 0 saturated carbocycles. The molecular weight excluding hydrogens is 294 g/mol. The average Bonchev–Trinajstić information content (AvgIpc) is 2.84. The largest absolute Gasteiger partial charge is 0.464 e. The third kappa shape index (κ3) is 3.98. The highest BCUT2D eigenvalue weighted by Gasteiger charge is 2.26. The second kappa shape index (κ2) is 6.07. The Labute approximate surface area is 124 Å². The van der Waals surface area contributed by atoms with Crippen LogP contribution in [0.2, 0.25) is 0 Å². The standard InChI is InChI=1S/C13H21N3O4S/c1-10-4-5-12(20-10)11(2)14-13(17)15-6-8-16(9-7-15)21(3,18)19/h4-5,11H,6-9H2,1-3H3,(H,14,17)/t11-/m0/s1. The molecule has 0 spiro atoms. The Morgan fingerprint density at radius 2 is 1.90 bits per heavy atom. The first-order valence-corrected chi connectivity index (χ1v) is 8.69. The van der Waals surface area contributed by atoms with Gasteiger partial charge in [0.15, 0.2) is 0 Å². The molecule has 1 aromatic rings. The van der Waals surface area contributed by atoms with Gasteiger partial charge in [-0.3, -0.25) is 0 Å². The van der Waals surface area contributed by atoms with E-state index in [-0.39, 0.29) is 12.1 Å². The first-order valence-electron chi connectivity index (χ1n) is 6.84. The lowest BCUT2D eigenvalue weighted by Crippen LogP contribution is -2.53. The molecule has 118 valence electrons. The van der Waals surface area contributed by atoms with E-state index in [0.717, 1.165) is 5.76 Å². The van der Waals surface area contributed by atoms with E-state index in [2.05, 4.69) is 5.32 Å². The van der Waals surface area contributed by atoms with E-state index in [9.17, 15) is 13.2 Å². The zero-order valence-electron chi connectivity index (χ0n) is 12.5. The molecule has 1 aliphatic heterocycles. The molecule has 8 heteroatoms. The number of amides is 2. The van der Waals surface area contributed by atoms with Crippen LogP contribution in [0.4, 0.5) is 4.79 Å². The van der Waals surface area contributed by atoms with Crippen LogP contribution in [-0.2, 0) is 10.0 Å². The summed E-state index contributed by atoms with van der Waals surface area (Å²) in [6.45, 7) is 5.15. The minimum atomic E-state index is -3.18. The number of carbonyl (C=O) groups excluding carboxylic acids is 1. The molecule has 0 bridgehead atoms. The van der Waals surface area contributed by atoms with Gasteiger partial charge < -0.3 is 14.6 Å². The summed E-state index contributed by atoms with van der Waals surface area (Å²) in [6, 6.07) is 3.26. The van der Waals surface area contributed by atoms with Crippen molar-refractivity contribution in [2.75, 3.05) is 32.4 Å². The Morgan fingerprint density at radius 1 is 1.29 bits per heavy atom. The highest BCUT2D eigenvalue weighted by Crippen LogP contribution is 2.16. The maximum atomic E-state index is 12.2. The number of nitrogens with zero attached hydrogens (tertiary/aromatic N) is 2. The lowest BCUT2D eigenvalue weighted by Gasteiger charge is -2.33. The SMILES string of the molecule is Cc1ccc([C@H](C)NC(=O)N2CCN(S(C)(=O)=O)CC2)o1. The molecule has 0 radical (unpaired) electrons. The highest BCUT2D eigenvalue weighted by atomic mass is 32.2. The van der Waals surface area contributed by atoms with Crippen LogP contribution < -0.4 is 5.32 Å². The van der Waals surface area contributed by atoms with Crippen LogP contribution in [0.5, 0.6) is 0 Å². The zero-order valence-corrected chi connectivity index (χ0v) is 13.3. The Morgan fingerprint density at radius 3 is 2.38 bits per heavy atom. The van der Waals surface area contributed by atoms with Crippen molar-refractivity contribution in [1.29, 1.82) is 0 Å². The van der Waals surface area contributed by atoms with Gasteiger partial charge in [-0.25, -0.2) is 13.2 Å². The monoisotopic (exact) mass is 315 g/mol. The van der Waals surface area contributed by atoms with Crippen LogP contribution in [0.3, 0.4) is 0 Å². The van der Waals surface area contributed by atoms with Gasteiger partial charge >= 0.3 is 6.03 Å². The lowest BCUT2D eigenvalue weighted by atomic mass is 10.2. The van der Waals surface area contributed by atoms with E-state index < -0.39 is 10.0 Å². The quantitative estimate of drug-likeness (QED) is 0.899. The number of urea groups is 1. The molecule has 21 heavy (non-hydrogen) atoms. The molecule has 1 fully saturated rings. The van der Waals surface area contributed by atoms with E-state index in [1.54, 1.807) is 4.90 Å². The third-order valence-corrected chi connectivity index (χ3v) is 4.83. The number of carbonyl (C=O) groups is 1. The van der Waals surface area contributed by atoms with Gasteiger partial charge in [-0.15, -0.1) is 0 Å². The van der Waals surface area contributed by atoms with Crippen molar-refractivity contribution in [1.82, 2.24) is 14.5 Å². The van der Waals surface area contributed by atoms with E-state index in [0.29, 0.717) is 31.9 Å². The van der Waals surface area contributed by atoms with Gasteiger partial charge in [0.05, 0.1) is 12.3 Å². The summed E-state index contributed by atoms with van der Waals surface area (Å²) in [4.78, 5) is 13.8. The summed E-state index contributed by atoms with van der Waals surface area (Å²) in [6.07, 6.45) is 1.18. The Bertz CT molecular complexity index is 603. The molecule has 0 aliphatic carbocycles. The molecular formula is C13H21N3O4S. The maximum Gasteiger partial charge on any atom is 0.318 e. The molecule has 2 amide bonds. The molecule has 1 aromatic heterocycles. The van der Waals surface area contributed by atoms with Gasteiger partial charge in [0, 0.05) is 26.2 Å². The van der Waals surface area contributed by atoms with Crippen molar-refractivity contribution in [2.24, 2.45) is 0 Å². The van der Waals surface area contributed by atoms with E-state index in [1.807, 2.05) is 26.0 Å². The Kier molecular flexibility index (Phi) is 4.58. The van der Waals surface area contributed by atoms with Crippen molar-refractivity contribution in [2.45, 2.75) is 19.9 Å². The summed E-state index contributed by atoms with van der Waals surface area (Å²) < 4.78 is 29.7. The number of piperazine rings is 1. The maximum absolute atomic E-state index is 12.2. The number of hydrogen-bond donors (Lipinski definition) is 1. The topological polar surface area (TPSA) is 82.9 Å². The average molecular weight is 315 g/mol. The second-order valence-electron chi connectivity index (χ2n) is 5.27. The van der Waals surface area contributed by atoms with Crippen molar-refractivity contribution >= 4 is 16.1 Å². The number of hydrogen-bond acceptors (Lipinski definition) is 4. The number of nitrogens with one attached hydrogen (secondary N) is 1. The van der Waals surface area contributed by atoms with Crippen LogP contribution in [0.15, 0.2) is 16.5 Å². The third-order valence-electron chi connectivity index (χ3n) is 3.52. The molecule has 0 unspecified atom stereocenters. The molecule has 0 aromatic carbocycles. The van der Waals surface area contributed by atoms with Crippen LogP contribution in [0.1, 0.15) is 24.5 Å². The zero-order chi connectivity index (χ0) is 15.6.